The monoisotopic (exact) mass is 377 g/mol. The van der Waals surface area contributed by atoms with Gasteiger partial charge in [0.05, 0.1) is 6.54 Å². The minimum absolute atomic E-state index is 0.116. The number of pyridine rings is 1. The van der Waals surface area contributed by atoms with Crippen molar-refractivity contribution in [3.8, 4) is 0 Å². The number of benzene rings is 1. The van der Waals surface area contributed by atoms with E-state index in [9.17, 15) is 9.59 Å². The third-order valence-electron chi connectivity index (χ3n) is 6.47. The number of carbonyl (C=O) groups is 1. The molecule has 0 radical (unpaired) electrons. The second-order valence-corrected chi connectivity index (χ2v) is 8.50. The van der Waals surface area contributed by atoms with Gasteiger partial charge in [-0.25, -0.2) is 0 Å². The van der Waals surface area contributed by atoms with Crippen LogP contribution in [0.25, 0.3) is 0 Å². The summed E-state index contributed by atoms with van der Waals surface area (Å²) in [6.45, 7) is 3.80. The summed E-state index contributed by atoms with van der Waals surface area (Å²) >= 11 is 0. The van der Waals surface area contributed by atoms with E-state index < -0.39 is 0 Å². The first-order chi connectivity index (χ1) is 13.7. The Balaban J connectivity index is 1.22. The van der Waals surface area contributed by atoms with Gasteiger partial charge in [0.2, 0.25) is 5.91 Å². The van der Waals surface area contributed by atoms with Crippen LogP contribution in [0.1, 0.15) is 47.9 Å². The highest BCUT2D eigenvalue weighted by molar-refractivity contribution is 5.78. The van der Waals surface area contributed by atoms with Crippen molar-refractivity contribution >= 4 is 5.91 Å². The van der Waals surface area contributed by atoms with Gasteiger partial charge in [0.15, 0.2) is 0 Å². The third-order valence-corrected chi connectivity index (χ3v) is 6.47. The fourth-order valence-electron chi connectivity index (χ4n) is 4.66. The molecule has 5 heteroatoms. The summed E-state index contributed by atoms with van der Waals surface area (Å²) in [5, 5.41) is 0. The van der Waals surface area contributed by atoms with Crippen molar-refractivity contribution in [1.82, 2.24) is 14.4 Å². The number of amides is 1. The summed E-state index contributed by atoms with van der Waals surface area (Å²) in [6.07, 6.45) is 6.11. The molecule has 3 aliphatic rings. The van der Waals surface area contributed by atoms with E-state index in [1.165, 1.54) is 5.56 Å². The fourth-order valence-corrected chi connectivity index (χ4v) is 4.66. The zero-order chi connectivity index (χ0) is 19.1. The molecule has 1 aliphatic carbocycles. The first kappa shape index (κ1) is 17.7. The van der Waals surface area contributed by atoms with Crippen LogP contribution in [0.4, 0.5) is 0 Å². The van der Waals surface area contributed by atoms with Gasteiger partial charge in [-0.15, -0.1) is 0 Å². The number of aromatic nitrogens is 1. The van der Waals surface area contributed by atoms with Gasteiger partial charge in [-0.1, -0.05) is 30.3 Å². The quantitative estimate of drug-likeness (QED) is 0.823. The molecule has 146 valence electrons. The van der Waals surface area contributed by atoms with E-state index >= 15 is 0 Å². The molecule has 0 N–H and O–H groups in total. The van der Waals surface area contributed by atoms with E-state index in [0.717, 1.165) is 49.9 Å². The summed E-state index contributed by atoms with van der Waals surface area (Å²) in [6, 6.07) is 12.8. The second-order valence-electron chi connectivity index (χ2n) is 8.50. The summed E-state index contributed by atoms with van der Waals surface area (Å²) in [4.78, 5) is 29.4. The predicted octanol–water partition coefficient (Wildman–Crippen LogP) is 2.56. The van der Waals surface area contributed by atoms with Crippen LogP contribution in [0, 0.1) is 0 Å². The van der Waals surface area contributed by atoms with Crippen LogP contribution >= 0.6 is 0 Å². The molecular weight excluding hydrogens is 350 g/mol. The van der Waals surface area contributed by atoms with Crippen molar-refractivity contribution in [2.45, 2.75) is 44.2 Å². The number of hydrogen-bond acceptors (Lipinski definition) is 3. The first-order valence-corrected chi connectivity index (χ1v) is 10.5. The molecule has 2 fully saturated rings. The van der Waals surface area contributed by atoms with Gasteiger partial charge in [-0.3, -0.25) is 14.5 Å². The maximum absolute atomic E-state index is 12.9. The Morgan fingerprint density at radius 3 is 2.64 bits per heavy atom. The molecule has 5 rings (SSSR count). The third kappa shape index (κ3) is 3.51. The van der Waals surface area contributed by atoms with E-state index in [2.05, 4.69) is 35.2 Å². The predicted molar refractivity (Wildman–Crippen MR) is 108 cm³/mol. The largest absolute Gasteiger partial charge is 0.337 e. The van der Waals surface area contributed by atoms with Gasteiger partial charge in [0, 0.05) is 37.9 Å². The van der Waals surface area contributed by atoms with Crippen molar-refractivity contribution in [2.24, 2.45) is 0 Å². The average molecular weight is 377 g/mol. The molecule has 1 atom stereocenters. The molecule has 3 heterocycles. The maximum Gasteiger partial charge on any atom is 0.251 e. The van der Waals surface area contributed by atoms with Gasteiger partial charge in [0.25, 0.3) is 5.56 Å². The summed E-state index contributed by atoms with van der Waals surface area (Å²) in [5.74, 6) is 0.743. The molecule has 1 unspecified atom stereocenters. The van der Waals surface area contributed by atoms with E-state index in [1.807, 2.05) is 15.7 Å². The highest BCUT2D eigenvalue weighted by Gasteiger charge is 2.30. The standard InChI is InChI=1S/C23H27N3O2/c27-22-12-18-9-11-25(14-20(18)15-26(22)21-6-7-21)23(28)16-24-10-8-19(13-24)17-4-2-1-3-5-17/h1-5,12,15,19,21H,6-11,13-14,16H2. The van der Waals surface area contributed by atoms with E-state index in [1.54, 1.807) is 6.07 Å². The zero-order valence-electron chi connectivity index (χ0n) is 16.2. The molecule has 2 aromatic rings. The zero-order valence-corrected chi connectivity index (χ0v) is 16.2. The van der Waals surface area contributed by atoms with Crippen molar-refractivity contribution in [3.63, 3.8) is 0 Å². The van der Waals surface area contributed by atoms with Gasteiger partial charge in [-0.05, 0) is 54.8 Å². The lowest BCUT2D eigenvalue weighted by Crippen LogP contribution is -2.42. The molecule has 1 saturated carbocycles. The van der Waals surface area contributed by atoms with Crippen LogP contribution in [0.3, 0.4) is 0 Å². The first-order valence-electron chi connectivity index (χ1n) is 10.5. The number of likely N-dealkylation sites (tertiary alicyclic amines) is 1. The van der Waals surface area contributed by atoms with Gasteiger partial charge < -0.3 is 9.47 Å². The molecular formula is C23H27N3O2. The van der Waals surface area contributed by atoms with Crippen LogP contribution in [0.2, 0.25) is 0 Å². The number of carbonyl (C=O) groups excluding carboxylic acids is 1. The van der Waals surface area contributed by atoms with Crippen LogP contribution in [0.15, 0.2) is 47.4 Å². The van der Waals surface area contributed by atoms with Crippen LogP contribution < -0.4 is 5.56 Å². The van der Waals surface area contributed by atoms with Crippen molar-refractivity contribution in [2.75, 3.05) is 26.2 Å². The summed E-state index contributed by atoms with van der Waals surface area (Å²) in [7, 11) is 0. The minimum atomic E-state index is 0.116. The van der Waals surface area contributed by atoms with Crippen molar-refractivity contribution in [3.05, 3.63) is 69.6 Å². The number of fused-ring (bicyclic) bond motifs is 1. The minimum Gasteiger partial charge on any atom is -0.337 e. The number of nitrogens with zero attached hydrogens (tertiary/aromatic N) is 3. The molecule has 0 spiro atoms. The van der Waals surface area contributed by atoms with E-state index in [4.69, 9.17) is 0 Å². The van der Waals surface area contributed by atoms with E-state index in [0.29, 0.717) is 31.6 Å². The number of hydrogen-bond donors (Lipinski definition) is 0. The molecule has 2 aliphatic heterocycles. The van der Waals surface area contributed by atoms with Crippen LogP contribution in [-0.2, 0) is 17.8 Å². The Morgan fingerprint density at radius 2 is 1.86 bits per heavy atom. The van der Waals surface area contributed by atoms with Gasteiger partial charge >= 0.3 is 0 Å². The Labute approximate surface area is 165 Å². The van der Waals surface area contributed by atoms with Crippen LogP contribution in [-0.4, -0.2) is 46.5 Å². The Kier molecular flexibility index (Phi) is 4.55. The molecule has 1 aromatic carbocycles. The Hall–Kier alpha value is -2.40. The second kappa shape index (κ2) is 7.21. The number of rotatable bonds is 4. The highest BCUT2D eigenvalue weighted by atomic mass is 16.2. The molecule has 5 nitrogen and oxygen atoms in total. The molecule has 1 amide bonds. The van der Waals surface area contributed by atoms with Gasteiger partial charge in [-0.2, -0.15) is 0 Å². The average Bonchev–Trinajstić information content (AvgIpc) is 3.46. The molecule has 1 saturated heterocycles. The lowest BCUT2D eigenvalue weighted by Gasteiger charge is -2.30. The Bertz CT molecular complexity index is 933. The highest BCUT2D eigenvalue weighted by Crippen LogP contribution is 2.34. The normalized spacial score (nSPS) is 22.3. The van der Waals surface area contributed by atoms with Crippen LogP contribution in [0.5, 0.6) is 0 Å². The van der Waals surface area contributed by atoms with Crippen molar-refractivity contribution in [1.29, 1.82) is 0 Å². The summed E-state index contributed by atoms with van der Waals surface area (Å²) < 4.78 is 1.87. The smallest absolute Gasteiger partial charge is 0.251 e. The lowest BCUT2D eigenvalue weighted by atomic mass is 9.99. The molecule has 28 heavy (non-hydrogen) atoms. The lowest BCUT2D eigenvalue weighted by molar-refractivity contribution is -0.133. The van der Waals surface area contributed by atoms with E-state index in [-0.39, 0.29) is 11.5 Å². The SMILES string of the molecule is O=C(CN1CCC(c2ccccc2)C1)N1CCc2cc(=O)n(C3CC3)cc2C1. The maximum atomic E-state index is 12.9. The Morgan fingerprint density at radius 1 is 1.04 bits per heavy atom. The summed E-state index contributed by atoms with van der Waals surface area (Å²) in [5.41, 5.74) is 3.76. The van der Waals surface area contributed by atoms with Gasteiger partial charge in [0.1, 0.15) is 0 Å². The molecule has 0 bridgehead atoms. The van der Waals surface area contributed by atoms with Crippen molar-refractivity contribution < 1.29 is 4.79 Å². The fraction of sp³-hybridized carbons (Fsp3) is 0.478. The topological polar surface area (TPSA) is 45.6 Å². The molecule has 1 aromatic heterocycles.